The van der Waals surface area contributed by atoms with Crippen molar-refractivity contribution >= 4 is 5.97 Å². The molecule has 2 unspecified atom stereocenters. The number of carboxylic acid groups (broad SMARTS) is 1. The van der Waals surface area contributed by atoms with Crippen molar-refractivity contribution < 1.29 is 14.6 Å². The third-order valence-electron chi connectivity index (χ3n) is 3.65. The molecule has 0 aliphatic heterocycles. The fourth-order valence-corrected chi connectivity index (χ4v) is 2.49. The van der Waals surface area contributed by atoms with Crippen LogP contribution in [-0.4, -0.2) is 18.2 Å². The van der Waals surface area contributed by atoms with Crippen LogP contribution in [0.15, 0.2) is 18.2 Å². The Balaban J connectivity index is 2.13. The summed E-state index contributed by atoms with van der Waals surface area (Å²) in [7, 11) is 1.66. The van der Waals surface area contributed by atoms with Crippen LogP contribution in [0.1, 0.15) is 24.0 Å². The first kappa shape index (κ1) is 12.0. The van der Waals surface area contributed by atoms with Crippen LogP contribution < -0.4 is 4.74 Å². The van der Waals surface area contributed by atoms with Crippen molar-refractivity contribution in [2.24, 2.45) is 11.8 Å². The zero-order valence-corrected chi connectivity index (χ0v) is 10.3. The molecule has 92 valence electrons. The predicted molar refractivity (Wildman–Crippen MR) is 65.3 cm³/mol. The van der Waals surface area contributed by atoms with Gasteiger partial charge in [0.25, 0.3) is 0 Å². The standard InChI is InChI=1S/C14H18O3/c1-9-3-6-13(17-2)11(7-9)8-10-4-5-12(10)14(15)16/h3,6-7,10,12H,4-5,8H2,1-2H3,(H,15,16). The van der Waals surface area contributed by atoms with Crippen LogP contribution in [0.2, 0.25) is 0 Å². The molecular formula is C14H18O3. The topological polar surface area (TPSA) is 46.5 Å². The number of hydrogen-bond acceptors (Lipinski definition) is 2. The van der Waals surface area contributed by atoms with E-state index in [-0.39, 0.29) is 11.8 Å². The number of aryl methyl sites for hydroxylation is 1. The molecule has 2 rings (SSSR count). The van der Waals surface area contributed by atoms with Gasteiger partial charge in [-0.2, -0.15) is 0 Å². The summed E-state index contributed by atoms with van der Waals surface area (Å²) >= 11 is 0. The number of methoxy groups -OCH3 is 1. The Kier molecular flexibility index (Phi) is 3.36. The first-order valence-corrected chi connectivity index (χ1v) is 5.98. The van der Waals surface area contributed by atoms with Crippen molar-refractivity contribution in [3.63, 3.8) is 0 Å². The monoisotopic (exact) mass is 234 g/mol. The summed E-state index contributed by atoms with van der Waals surface area (Å²) in [6.45, 7) is 2.04. The summed E-state index contributed by atoms with van der Waals surface area (Å²) in [6.07, 6.45) is 2.63. The van der Waals surface area contributed by atoms with Gasteiger partial charge >= 0.3 is 5.97 Å². The Labute approximate surface area is 101 Å². The van der Waals surface area contributed by atoms with Gasteiger partial charge in [-0.3, -0.25) is 4.79 Å². The average Bonchev–Trinajstić information content (AvgIpc) is 2.23. The van der Waals surface area contributed by atoms with E-state index in [0.29, 0.717) is 0 Å². The van der Waals surface area contributed by atoms with E-state index in [1.54, 1.807) is 7.11 Å². The van der Waals surface area contributed by atoms with Gasteiger partial charge < -0.3 is 9.84 Å². The summed E-state index contributed by atoms with van der Waals surface area (Å²) in [4.78, 5) is 11.0. The zero-order chi connectivity index (χ0) is 12.4. The second-order valence-electron chi connectivity index (χ2n) is 4.80. The third kappa shape index (κ3) is 2.43. The molecule has 3 nitrogen and oxygen atoms in total. The van der Waals surface area contributed by atoms with Crippen molar-refractivity contribution in [3.05, 3.63) is 29.3 Å². The summed E-state index contributed by atoms with van der Waals surface area (Å²) in [6, 6.07) is 6.06. The van der Waals surface area contributed by atoms with Gasteiger partial charge in [-0.25, -0.2) is 0 Å². The van der Waals surface area contributed by atoms with E-state index in [1.165, 1.54) is 5.56 Å². The van der Waals surface area contributed by atoms with Crippen LogP contribution in [0.5, 0.6) is 5.75 Å². The SMILES string of the molecule is COc1ccc(C)cc1CC1CCC1C(=O)O. The Hall–Kier alpha value is -1.51. The lowest BCUT2D eigenvalue weighted by atomic mass is 9.70. The highest BCUT2D eigenvalue weighted by Crippen LogP contribution is 2.38. The molecule has 1 saturated carbocycles. The quantitative estimate of drug-likeness (QED) is 0.871. The van der Waals surface area contributed by atoms with Crippen LogP contribution in [0, 0.1) is 18.8 Å². The zero-order valence-electron chi connectivity index (χ0n) is 10.3. The number of ether oxygens (including phenoxy) is 1. The molecular weight excluding hydrogens is 216 g/mol. The van der Waals surface area contributed by atoms with Crippen LogP contribution >= 0.6 is 0 Å². The molecule has 0 aromatic heterocycles. The normalized spacial score (nSPS) is 22.9. The Morgan fingerprint density at radius 3 is 2.76 bits per heavy atom. The maximum Gasteiger partial charge on any atom is 0.306 e. The fourth-order valence-electron chi connectivity index (χ4n) is 2.49. The molecule has 0 radical (unpaired) electrons. The molecule has 3 heteroatoms. The Morgan fingerprint density at radius 1 is 1.47 bits per heavy atom. The molecule has 0 spiro atoms. The van der Waals surface area contributed by atoms with Gasteiger partial charge in [-0.05, 0) is 43.7 Å². The van der Waals surface area contributed by atoms with E-state index in [4.69, 9.17) is 9.84 Å². The van der Waals surface area contributed by atoms with Crippen LogP contribution in [0.25, 0.3) is 0 Å². The van der Waals surface area contributed by atoms with Crippen LogP contribution in [0.3, 0.4) is 0 Å². The van der Waals surface area contributed by atoms with Gasteiger partial charge in [0, 0.05) is 0 Å². The lowest BCUT2D eigenvalue weighted by Gasteiger charge is -2.33. The summed E-state index contributed by atoms with van der Waals surface area (Å²) in [5, 5.41) is 9.03. The number of carbonyl (C=O) groups is 1. The van der Waals surface area contributed by atoms with Crippen molar-refractivity contribution in [1.29, 1.82) is 0 Å². The lowest BCUT2D eigenvalue weighted by molar-refractivity contribution is -0.147. The predicted octanol–water partition coefficient (Wildman–Crippen LogP) is 2.66. The van der Waals surface area contributed by atoms with E-state index >= 15 is 0 Å². The minimum Gasteiger partial charge on any atom is -0.496 e. The van der Waals surface area contributed by atoms with Gasteiger partial charge in [0.05, 0.1) is 13.0 Å². The maximum absolute atomic E-state index is 11.0. The minimum absolute atomic E-state index is 0.166. The molecule has 0 bridgehead atoms. The second kappa shape index (κ2) is 4.78. The first-order chi connectivity index (χ1) is 8.11. The Bertz CT molecular complexity index is 425. The van der Waals surface area contributed by atoms with E-state index in [9.17, 15) is 4.79 Å². The molecule has 17 heavy (non-hydrogen) atoms. The number of hydrogen-bond donors (Lipinski definition) is 1. The van der Waals surface area contributed by atoms with E-state index < -0.39 is 5.97 Å². The fraction of sp³-hybridized carbons (Fsp3) is 0.500. The van der Waals surface area contributed by atoms with Crippen LogP contribution in [0.4, 0.5) is 0 Å². The highest BCUT2D eigenvalue weighted by atomic mass is 16.5. The number of rotatable bonds is 4. The van der Waals surface area contributed by atoms with Gasteiger partial charge in [0.2, 0.25) is 0 Å². The maximum atomic E-state index is 11.0. The van der Waals surface area contributed by atoms with Crippen LogP contribution in [-0.2, 0) is 11.2 Å². The van der Waals surface area contributed by atoms with Gasteiger partial charge in [0.15, 0.2) is 0 Å². The number of carboxylic acids is 1. The molecule has 1 aromatic carbocycles. The highest BCUT2D eigenvalue weighted by molar-refractivity contribution is 5.71. The smallest absolute Gasteiger partial charge is 0.306 e. The summed E-state index contributed by atoms with van der Waals surface area (Å²) in [5.41, 5.74) is 2.32. The largest absolute Gasteiger partial charge is 0.496 e. The van der Waals surface area contributed by atoms with Crippen molar-refractivity contribution in [2.45, 2.75) is 26.2 Å². The molecule has 1 N–H and O–H groups in total. The van der Waals surface area contributed by atoms with Crippen molar-refractivity contribution in [2.75, 3.05) is 7.11 Å². The molecule has 0 heterocycles. The highest BCUT2D eigenvalue weighted by Gasteiger charge is 2.36. The molecule has 0 amide bonds. The number of aliphatic carboxylic acids is 1. The van der Waals surface area contributed by atoms with Gasteiger partial charge in [-0.1, -0.05) is 17.7 Å². The van der Waals surface area contributed by atoms with Crippen molar-refractivity contribution in [3.8, 4) is 5.75 Å². The minimum atomic E-state index is -0.659. The number of benzene rings is 1. The second-order valence-corrected chi connectivity index (χ2v) is 4.80. The molecule has 0 saturated heterocycles. The van der Waals surface area contributed by atoms with Gasteiger partial charge in [-0.15, -0.1) is 0 Å². The van der Waals surface area contributed by atoms with Gasteiger partial charge in [0.1, 0.15) is 5.75 Å². The molecule has 1 aliphatic carbocycles. The third-order valence-corrected chi connectivity index (χ3v) is 3.65. The molecule has 1 aliphatic rings. The average molecular weight is 234 g/mol. The summed E-state index contributed by atoms with van der Waals surface area (Å²) in [5.74, 6) is 0.308. The Morgan fingerprint density at radius 2 is 2.24 bits per heavy atom. The summed E-state index contributed by atoms with van der Waals surface area (Å²) < 4.78 is 5.32. The molecule has 1 fully saturated rings. The van der Waals surface area contributed by atoms with Crippen molar-refractivity contribution in [1.82, 2.24) is 0 Å². The van der Waals surface area contributed by atoms with E-state index in [1.807, 2.05) is 19.1 Å². The van der Waals surface area contributed by atoms with E-state index in [2.05, 4.69) is 6.07 Å². The molecule has 2 atom stereocenters. The molecule has 1 aromatic rings. The lowest BCUT2D eigenvalue weighted by Crippen LogP contribution is -2.34. The first-order valence-electron chi connectivity index (χ1n) is 5.98. The van der Waals surface area contributed by atoms with E-state index in [0.717, 1.165) is 30.6 Å².